The van der Waals surface area contributed by atoms with Gasteiger partial charge in [0.15, 0.2) is 0 Å². The highest BCUT2D eigenvalue weighted by Crippen LogP contribution is 2.58. The molecule has 5 rings (SSSR count). The average molecular weight is 464 g/mol. The largest absolute Gasteiger partial charge is 0.445 e. The number of fused-ring (bicyclic) bond motifs is 3. The molecule has 3 aliphatic heterocycles. The van der Waals surface area contributed by atoms with Crippen LogP contribution < -0.4 is 5.32 Å². The predicted molar refractivity (Wildman–Crippen MR) is 125 cm³/mol. The van der Waals surface area contributed by atoms with Crippen LogP contribution in [0.4, 0.5) is 15.3 Å². The third kappa shape index (κ3) is 3.48. The number of benzene rings is 2. The molecule has 1 atom stereocenters. The normalized spacial score (nSPS) is 22.4. The molecule has 0 aromatic heterocycles. The van der Waals surface area contributed by atoms with Crippen molar-refractivity contribution in [3.8, 4) is 0 Å². The van der Waals surface area contributed by atoms with Gasteiger partial charge in [-0.1, -0.05) is 48.5 Å². The fourth-order valence-corrected chi connectivity index (χ4v) is 5.46. The summed E-state index contributed by atoms with van der Waals surface area (Å²) in [5.41, 5.74) is 0.324. The summed E-state index contributed by atoms with van der Waals surface area (Å²) < 4.78 is 11.1. The van der Waals surface area contributed by atoms with Crippen LogP contribution in [0.2, 0.25) is 0 Å². The smallest absolute Gasteiger partial charge is 0.410 e. The van der Waals surface area contributed by atoms with E-state index in [1.807, 2.05) is 75.4 Å². The number of ether oxygens (including phenoxy) is 2. The molecule has 0 bridgehead atoms. The van der Waals surface area contributed by atoms with Crippen LogP contribution in [0.1, 0.15) is 31.9 Å². The minimum absolute atomic E-state index is 0.143. The molecular weight excluding hydrogens is 434 g/mol. The number of likely N-dealkylation sites (tertiary alicyclic amines) is 2. The Bertz CT molecular complexity index is 1140. The molecule has 2 saturated heterocycles. The van der Waals surface area contributed by atoms with Crippen LogP contribution in [-0.2, 0) is 26.3 Å². The van der Waals surface area contributed by atoms with E-state index < -0.39 is 28.6 Å². The molecule has 2 aromatic carbocycles. The third-order valence-electron chi connectivity index (χ3n) is 6.95. The number of nitrogens with one attached hydrogen (secondary N) is 1. The second-order valence-corrected chi connectivity index (χ2v) is 10.4. The van der Waals surface area contributed by atoms with E-state index in [1.165, 1.54) is 0 Å². The minimum atomic E-state index is -0.951. The van der Waals surface area contributed by atoms with Gasteiger partial charge in [-0.2, -0.15) is 0 Å². The number of anilines is 1. The summed E-state index contributed by atoms with van der Waals surface area (Å²) in [6.45, 7) is 6.79. The van der Waals surface area contributed by atoms with Gasteiger partial charge >= 0.3 is 12.2 Å². The lowest BCUT2D eigenvalue weighted by Crippen LogP contribution is -2.69. The van der Waals surface area contributed by atoms with E-state index >= 15 is 0 Å². The summed E-state index contributed by atoms with van der Waals surface area (Å²) in [6.07, 6.45) is -0.877. The first-order valence-corrected chi connectivity index (χ1v) is 11.5. The Labute approximate surface area is 198 Å². The van der Waals surface area contributed by atoms with Crippen LogP contribution in [0.15, 0.2) is 54.6 Å². The molecule has 1 N–H and O–H groups in total. The van der Waals surface area contributed by atoms with E-state index in [0.29, 0.717) is 19.6 Å². The molecule has 0 aliphatic carbocycles. The highest BCUT2D eigenvalue weighted by molar-refractivity contribution is 6.08. The van der Waals surface area contributed by atoms with E-state index in [0.717, 1.165) is 16.8 Å². The van der Waals surface area contributed by atoms with Gasteiger partial charge in [0.05, 0.1) is 0 Å². The van der Waals surface area contributed by atoms with Crippen molar-refractivity contribution in [3.63, 3.8) is 0 Å². The van der Waals surface area contributed by atoms with Crippen molar-refractivity contribution in [1.29, 1.82) is 0 Å². The van der Waals surface area contributed by atoms with Crippen LogP contribution in [0.25, 0.3) is 0 Å². The quantitative estimate of drug-likeness (QED) is 0.733. The molecule has 178 valence electrons. The molecule has 2 aromatic rings. The van der Waals surface area contributed by atoms with Crippen molar-refractivity contribution < 1.29 is 23.9 Å². The van der Waals surface area contributed by atoms with Gasteiger partial charge in [-0.25, -0.2) is 9.59 Å². The average Bonchev–Trinajstić information content (AvgIpc) is 3.27. The van der Waals surface area contributed by atoms with Crippen LogP contribution in [-0.4, -0.2) is 59.7 Å². The molecule has 8 heteroatoms. The van der Waals surface area contributed by atoms with E-state index in [9.17, 15) is 14.4 Å². The lowest BCUT2D eigenvalue weighted by molar-refractivity contribution is -0.129. The van der Waals surface area contributed by atoms with E-state index in [1.54, 1.807) is 9.80 Å². The monoisotopic (exact) mass is 463 g/mol. The Kier molecular flexibility index (Phi) is 5.07. The summed E-state index contributed by atoms with van der Waals surface area (Å²) in [7, 11) is 0. The van der Waals surface area contributed by atoms with Crippen molar-refractivity contribution in [2.24, 2.45) is 5.41 Å². The molecule has 8 nitrogen and oxygen atoms in total. The lowest BCUT2D eigenvalue weighted by atomic mass is 9.58. The molecule has 0 radical (unpaired) electrons. The van der Waals surface area contributed by atoms with Gasteiger partial charge in [0.25, 0.3) is 0 Å². The summed E-state index contributed by atoms with van der Waals surface area (Å²) in [5.74, 6) is -0.143. The van der Waals surface area contributed by atoms with E-state index in [4.69, 9.17) is 9.47 Å². The molecular formula is C26H29N3O5. The third-order valence-corrected chi connectivity index (χ3v) is 6.95. The van der Waals surface area contributed by atoms with E-state index in [-0.39, 0.29) is 19.1 Å². The fraction of sp³-hybridized carbons (Fsp3) is 0.423. The first-order valence-electron chi connectivity index (χ1n) is 11.5. The molecule has 2 fully saturated rings. The lowest BCUT2D eigenvalue weighted by Gasteiger charge is -2.53. The summed E-state index contributed by atoms with van der Waals surface area (Å²) in [6, 6.07) is 17.1. The summed E-state index contributed by atoms with van der Waals surface area (Å²) in [5, 5.41) is 3.00. The zero-order valence-corrected chi connectivity index (χ0v) is 19.7. The highest BCUT2D eigenvalue weighted by atomic mass is 16.6. The fourth-order valence-electron chi connectivity index (χ4n) is 5.46. The van der Waals surface area contributed by atoms with Gasteiger partial charge in [0.1, 0.15) is 17.6 Å². The zero-order chi connectivity index (χ0) is 24.1. The number of carbonyl (C=O) groups is 3. The maximum absolute atomic E-state index is 13.5. The summed E-state index contributed by atoms with van der Waals surface area (Å²) in [4.78, 5) is 42.5. The van der Waals surface area contributed by atoms with Crippen molar-refractivity contribution in [2.45, 2.75) is 38.4 Å². The maximum atomic E-state index is 13.5. The Morgan fingerprint density at radius 2 is 1.53 bits per heavy atom. The number of rotatable bonds is 2. The molecule has 2 spiro atoms. The standard InChI is InChI=1S/C26H29N3O5/c1-24(2,3)34-23(32)28-14-25(15-28)16-29(22(31)33-13-18-9-5-4-6-10-18)17-26(25)19-11-7-8-12-20(19)27-21(26)30/h4-12H,13-17H2,1-3H3,(H,27,30). The van der Waals surface area contributed by atoms with Crippen molar-refractivity contribution in [3.05, 3.63) is 65.7 Å². The second-order valence-electron chi connectivity index (χ2n) is 10.4. The Hall–Kier alpha value is -3.55. The topological polar surface area (TPSA) is 88.2 Å². The van der Waals surface area contributed by atoms with Crippen molar-refractivity contribution in [2.75, 3.05) is 31.5 Å². The Morgan fingerprint density at radius 1 is 0.912 bits per heavy atom. The van der Waals surface area contributed by atoms with Gasteiger partial charge in [-0.05, 0) is 38.0 Å². The molecule has 3 heterocycles. The van der Waals surface area contributed by atoms with Crippen LogP contribution in [0.3, 0.4) is 0 Å². The first kappa shape index (κ1) is 22.3. The number of para-hydroxylation sites is 1. The van der Waals surface area contributed by atoms with Crippen molar-refractivity contribution in [1.82, 2.24) is 9.80 Å². The second kappa shape index (κ2) is 7.75. The molecule has 3 amide bonds. The number of hydrogen-bond acceptors (Lipinski definition) is 5. The van der Waals surface area contributed by atoms with Gasteiger partial charge < -0.3 is 24.6 Å². The summed E-state index contributed by atoms with van der Waals surface area (Å²) >= 11 is 0. The maximum Gasteiger partial charge on any atom is 0.410 e. The molecule has 3 aliphatic rings. The number of nitrogens with zero attached hydrogens (tertiary/aromatic N) is 2. The zero-order valence-electron chi connectivity index (χ0n) is 19.7. The predicted octanol–water partition coefficient (Wildman–Crippen LogP) is 3.77. The SMILES string of the molecule is CC(C)(C)OC(=O)N1CC2(CN(C(=O)OCc3ccccc3)CC23C(=O)Nc2ccccc23)C1. The van der Waals surface area contributed by atoms with Crippen LogP contribution in [0.5, 0.6) is 0 Å². The Balaban J connectivity index is 1.41. The van der Waals surface area contributed by atoms with E-state index in [2.05, 4.69) is 5.32 Å². The molecule has 34 heavy (non-hydrogen) atoms. The highest BCUT2D eigenvalue weighted by Gasteiger charge is 2.71. The van der Waals surface area contributed by atoms with Gasteiger partial charge in [-0.3, -0.25) is 4.79 Å². The van der Waals surface area contributed by atoms with Crippen LogP contribution >= 0.6 is 0 Å². The van der Waals surface area contributed by atoms with Crippen LogP contribution in [0, 0.1) is 5.41 Å². The molecule has 1 unspecified atom stereocenters. The molecule has 0 saturated carbocycles. The van der Waals surface area contributed by atoms with Gasteiger partial charge in [-0.15, -0.1) is 0 Å². The number of amides is 3. The Morgan fingerprint density at radius 3 is 2.21 bits per heavy atom. The van der Waals surface area contributed by atoms with Crippen molar-refractivity contribution >= 4 is 23.8 Å². The first-order chi connectivity index (χ1) is 16.1. The number of hydrogen-bond donors (Lipinski definition) is 1. The number of carbonyl (C=O) groups excluding carboxylic acids is 3. The van der Waals surface area contributed by atoms with Gasteiger partial charge in [0.2, 0.25) is 5.91 Å². The van der Waals surface area contributed by atoms with Gasteiger partial charge in [0, 0.05) is 37.3 Å². The minimum Gasteiger partial charge on any atom is -0.445 e.